The van der Waals surface area contributed by atoms with E-state index in [2.05, 4.69) is 21.2 Å². The van der Waals surface area contributed by atoms with E-state index in [1.165, 1.54) is 12.1 Å². The van der Waals surface area contributed by atoms with E-state index >= 15 is 0 Å². The number of hydrogen-bond donors (Lipinski definition) is 3. The number of amides is 1. The minimum Gasteiger partial charge on any atom is -0.481 e. The van der Waals surface area contributed by atoms with Crippen molar-refractivity contribution in [1.29, 1.82) is 0 Å². The predicted octanol–water partition coefficient (Wildman–Crippen LogP) is 2.07. The second-order valence-electron chi connectivity index (χ2n) is 6.47. The zero-order chi connectivity index (χ0) is 18.7. The molecule has 1 aromatic carbocycles. The molecule has 138 valence electrons. The number of carbonyl (C=O) groups is 1. The van der Waals surface area contributed by atoms with Crippen LogP contribution in [0.1, 0.15) is 34.8 Å². The van der Waals surface area contributed by atoms with Crippen LogP contribution in [-0.4, -0.2) is 24.0 Å². The maximum absolute atomic E-state index is 13.0. The van der Waals surface area contributed by atoms with Crippen LogP contribution < -0.4 is 20.9 Å². The first-order chi connectivity index (χ1) is 12.5. The van der Waals surface area contributed by atoms with Gasteiger partial charge in [-0.3, -0.25) is 4.79 Å². The Morgan fingerprint density at radius 3 is 2.73 bits per heavy atom. The minimum absolute atomic E-state index is 0.0383. The monoisotopic (exact) mass is 358 g/mol. The third-order valence-corrected chi connectivity index (χ3v) is 4.56. The lowest BCUT2D eigenvalue weighted by molar-refractivity contribution is -0.123. The second kappa shape index (κ2) is 7.80. The van der Waals surface area contributed by atoms with E-state index in [1.807, 2.05) is 19.9 Å². The van der Waals surface area contributed by atoms with Gasteiger partial charge in [0.15, 0.2) is 0 Å². The first-order valence-electron chi connectivity index (χ1n) is 8.53. The fourth-order valence-electron chi connectivity index (χ4n) is 3.15. The van der Waals surface area contributed by atoms with Crippen LogP contribution in [0.2, 0.25) is 0 Å². The Hall–Kier alpha value is -2.51. The number of methoxy groups -OCH3 is 1. The van der Waals surface area contributed by atoms with Crippen molar-refractivity contribution in [3.8, 4) is 5.88 Å². The molecule has 3 N–H and O–H groups in total. The molecule has 0 radical (unpaired) electrons. The molecule has 1 aliphatic heterocycles. The summed E-state index contributed by atoms with van der Waals surface area (Å²) >= 11 is 0. The van der Waals surface area contributed by atoms with Crippen molar-refractivity contribution in [3.63, 3.8) is 0 Å². The van der Waals surface area contributed by atoms with Crippen LogP contribution in [-0.2, 0) is 11.3 Å². The van der Waals surface area contributed by atoms with Crippen LogP contribution in [0.3, 0.4) is 0 Å². The quantitative estimate of drug-likeness (QED) is 0.763. The number of ether oxygens (including phenoxy) is 1. The molecule has 2 aromatic rings. The fourth-order valence-corrected chi connectivity index (χ4v) is 3.15. The normalized spacial score (nSPS) is 19.4. The molecule has 0 aliphatic carbocycles. The van der Waals surface area contributed by atoms with Gasteiger partial charge in [0.2, 0.25) is 11.8 Å². The van der Waals surface area contributed by atoms with Crippen molar-refractivity contribution in [2.75, 3.05) is 7.11 Å². The molecule has 3 rings (SSSR count). The number of aryl methyl sites for hydroxylation is 2. The highest BCUT2D eigenvalue weighted by atomic mass is 19.1. The molecular weight excluding hydrogens is 335 g/mol. The van der Waals surface area contributed by atoms with Crippen molar-refractivity contribution in [2.24, 2.45) is 0 Å². The third kappa shape index (κ3) is 4.00. The van der Waals surface area contributed by atoms with E-state index in [-0.39, 0.29) is 23.8 Å². The van der Waals surface area contributed by atoms with Crippen LogP contribution in [0.5, 0.6) is 5.88 Å². The van der Waals surface area contributed by atoms with E-state index in [0.717, 1.165) is 22.4 Å². The van der Waals surface area contributed by atoms with Crippen LogP contribution in [0.15, 0.2) is 30.3 Å². The van der Waals surface area contributed by atoms with Gasteiger partial charge in [0.1, 0.15) is 11.9 Å². The SMILES string of the molecule is COc1nc(C)cc(C)c1CNC(=O)C1CC(c2ccc(F)cc2)NN1. The van der Waals surface area contributed by atoms with Gasteiger partial charge in [0.25, 0.3) is 0 Å². The molecule has 26 heavy (non-hydrogen) atoms. The lowest BCUT2D eigenvalue weighted by atomic mass is 10.0. The van der Waals surface area contributed by atoms with E-state index in [9.17, 15) is 9.18 Å². The molecule has 1 saturated heterocycles. The Bertz CT molecular complexity index is 795. The number of aromatic nitrogens is 1. The van der Waals surface area contributed by atoms with Crippen LogP contribution >= 0.6 is 0 Å². The smallest absolute Gasteiger partial charge is 0.238 e. The molecule has 1 aromatic heterocycles. The molecule has 1 amide bonds. The average Bonchev–Trinajstić information content (AvgIpc) is 3.11. The number of carbonyl (C=O) groups excluding carboxylic acids is 1. The van der Waals surface area contributed by atoms with Crippen LogP contribution in [0.25, 0.3) is 0 Å². The lowest BCUT2D eigenvalue weighted by Gasteiger charge is -2.14. The van der Waals surface area contributed by atoms with Crippen LogP contribution in [0.4, 0.5) is 4.39 Å². The van der Waals surface area contributed by atoms with Gasteiger partial charge in [0, 0.05) is 23.8 Å². The van der Waals surface area contributed by atoms with E-state index in [1.54, 1.807) is 19.2 Å². The molecule has 2 atom stereocenters. The highest BCUT2D eigenvalue weighted by Gasteiger charge is 2.30. The molecule has 0 saturated carbocycles. The number of nitrogens with one attached hydrogen (secondary N) is 3. The summed E-state index contributed by atoms with van der Waals surface area (Å²) in [5.41, 5.74) is 9.80. The second-order valence-corrected chi connectivity index (χ2v) is 6.47. The van der Waals surface area contributed by atoms with Crippen molar-refractivity contribution in [2.45, 2.75) is 38.9 Å². The average molecular weight is 358 g/mol. The Balaban J connectivity index is 1.60. The Morgan fingerprint density at radius 2 is 2.04 bits per heavy atom. The van der Waals surface area contributed by atoms with Gasteiger partial charge in [0.05, 0.1) is 7.11 Å². The molecule has 7 heteroatoms. The lowest BCUT2D eigenvalue weighted by Crippen LogP contribution is -2.43. The summed E-state index contributed by atoms with van der Waals surface area (Å²) in [7, 11) is 1.57. The fraction of sp³-hybridized carbons (Fsp3) is 0.368. The summed E-state index contributed by atoms with van der Waals surface area (Å²) < 4.78 is 18.4. The number of rotatable bonds is 5. The molecule has 2 unspecified atom stereocenters. The number of hydrazine groups is 1. The van der Waals surface area contributed by atoms with Gasteiger partial charge >= 0.3 is 0 Å². The molecule has 1 fully saturated rings. The number of halogens is 1. The Kier molecular flexibility index (Phi) is 5.49. The van der Waals surface area contributed by atoms with Crippen molar-refractivity contribution < 1.29 is 13.9 Å². The zero-order valence-electron chi connectivity index (χ0n) is 15.1. The van der Waals surface area contributed by atoms with Crippen molar-refractivity contribution in [1.82, 2.24) is 21.2 Å². The Labute approximate surface area is 152 Å². The molecule has 6 nitrogen and oxygen atoms in total. The molecule has 1 aliphatic rings. The zero-order valence-corrected chi connectivity index (χ0v) is 15.1. The predicted molar refractivity (Wildman–Crippen MR) is 95.9 cm³/mol. The number of nitrogens with zero attached hydrogens (tertiary/aromatic N) is 1. The van der Waals surface area contributed by atoms with Gasteiger partial charge < -0.3 is 10.1 Å². The third-order valence-electron chi connectivity index (χ3n) is 4.56. The largest absolute Gasteiger partial charge is 0.481 e. The van der Waals surface area contributed by atoms with Crippen molar-refractivity contribution >= 4 is 5.91 Å². The topological polar surface area (TPSA) is 75.3 Å². The molecule has 0 spiro atoms. The van der Waals surface area contributed by atoms with Gasteiger partial charge in [-0.2, -0.15) is 0 Å². The summed E-state index contributed by atoms with van der Waals surface area (Å²) in [5, 5.41) is 2.94. The summed E-state index contributed by atoms with van der Waals surface area (Å²) in [5.74, 6) is 0.152. The maximum Gasteiger partial charge on any atom is 0.238 e. The number of benzene rings is 1. The highest BCUT2D eigenvalue weighted by molar-refractivity contribution is 5.82. The van der Waals surface area contributed by atoms with E-state index in [4.69, 9.17) is 4.74 Å². The minimum atomic E-state index is -0.366. The van der Waals surface area contributed by atoms with Gasteiger partial charge in [-0.15, -0.1) is 0 Å². The van der Waals surface area contributed by atoms with E-state index < -0.39 is 0 Å². The summed E-state index contributed by atoms with van der Waals surface area (Å²) in [4.78, 5) is 16.8. The number of hydrogen-bond acceptors (Lipinski definition) is 5. The Morgan fingerprint density at radius 1 is 1.31 bits per heavy atom. The summed E-state index contributed by atoms with van der Waals surface area (Å²) in [6, 6.07) is 7.85. The first-order valence-corrected chi connectivity index (χ1v) is 8.53. The summed E-state index contributed by atoms with van der Waals surface area (Å²) in [6.45, 7) is 4.22. The van der Waals surface area contributed by atoms with Gasteiger partial charge in [-0.1, -0.05) is 12.1 Å². The molecule has 0 bridgehead atoms. The van der Waals surface area contributed by atoms with Gasteiger partial charge in [-0.05, 0) is 49.6 Å². The number of pyridine rings is 1. The van der Waals surface area contributed by atoms with Gasteiger partial charge in [-0.25, -0.2) is 20.2 Å². The van der Waals surface area contributed by atoms with E-state index in [0.29, 0.717) is 18.8 Å². The first kappa shape index (κ1) is 18.3. The standard InChI is InChI=1S/C19H23FN4O2/c1-11-8-12(2)22-19(26-3)15(11)10-21-18(25)17-9-16(23-24-17)13-4-6-14(20)7-5-13/h4-8,16-17,23-24H,9-10H2,1-3H3,(H,21,25). The highest BCUT2D eigenvalue weighted by Crippen LogP contribution is 2.23. The van der Waals surface area contributed by atoms with Crippen LogP contribution in [0, 0.1) is 19.7 Å². The molecular formula is C19H23FN4O2. The molecule has 2 heterocycles. The summed E-state index contributed by atoms with van der Waals surface area (Å²) in [6.07, 6.45) is 0.583. The van der Waals surface area contributed by atoms with Crippen molar-refractivity contribution in [3.05, 3.63) is 58.5 Å². The maximum atomic E-state index is 13.0.